The van der Waals surface area contributed by atoms with Gasteiger partial charge in [0.15, 0.2) is 10.1 Å². The topological polar surface area (TPSA) is 149 Å². The third kappa shape index (κ3) is 5.23. The second-order valence-electron chi connectivity index (χ2n) is 8.83. The number of nitriles is 2. The SMILES string of the molecule is N#CC1=C(N)N(c2nnc(SCC(=O)Nc3ccccc3C#N)s2)C2=C(C(=O)CCC2)C1c1ccc(Br)cc1F. The van der Waals surface area contributed by atoms with Gasteiger partial charge in [0.25, 0.3) is 0 Å². The van der Waals surface area contributed by atoms with Crippen LogP contribution in [0.1, 0.15) is 36.3 Å². The molecule has 3 N–H and O–H groups in total. The standard InChI is InChI=1S/C27H19BrFN7O2S2/c28-15-8-9-16(18(29)10-15)23-17(12-31)25(32)36(20-6-3-7-21(37)24(20)23)26-34-35-27(40-26)39-13-22(38)33-19-5-2-1-4-14(19)11-30/h1-2,4-5,8-10,23H,3,6-7,13,32H2,(H,33,38). The molecule has 1 aromatic heterocycles. The second kappa shape index (κ2) is 11.6. The number of nitrogens with one attached hydrogen (secondary N) is 1. The van der Waals surface area contributed by atoms with Gasteiger partial charge in [-0.3, -0.25) is 14.5 Å². The number of amides is 1. The highest BCUT2D eigenvalue weighted by atomic mass is 79.9. The van der Waals surface area contributed by atoms with Crippen molar-refractivity contribution >= 4 is 61.5 Å². The Kier molecular flexibility index (Phi) is 7.98. The van der Waals surface area contributed by atoms with E-state index in [0.717, 1.165) is 23.1 Å². The number of ketones is 1. The van der Waals surface area contributed by atoms with Gasteiger partial charge in [-0.1, -0.05) is 57.2 Å². The molecule has 200 valence electrons. The van der Waals surface area contributed by atoms with Crippen molar-refractivity contribution < 1.29 is 14.0 Å². The lowest BCUT2D eigenvalue weighted by Crippen LogP contribution is -2.38. The third-order valence-corrected chi connectivity index (χ3v) is 8.96. The van der Waals surface area contributed by atoms with Gasteiger partial charge in [-0.05, 0) is 37.1 Å². The van der Waals surface area contributed by atoms with Gasteiger partial charge in [-0.2, -0.15) is 10.5 Å². The van der Waals surface area contributed by atoms with E-state index in [1.54, 1.807) is 41.3 Å². The first-order chi connectivity index (χ1) is 19.3. The van der Waals surface area contributed by atoms with Crippen molar-refractivity contribution in [3.63, 3.8) is 0 Å². The number of hydrogen-bond acceptors (Lipinski definition) is 10. The van der Waals surface area contributed by atoms with E-state index in [0.29, 0.717) is 49.3 Å². The van der Waals surface area contributed by atoms with Crippen molar-refractivity contribution in [2.75, 3.05) is 16.0 Å². The summed E-state index contributed by atoms with van der Waals surface area (Å²) in [6.45, 7) is 0. The van der Waals surface area contributed by atoms with Gasteiger partial charge in [0.1, 0.15) is 17.7 Å². The fourth-order valence-electron chi connectivity index (χ4n) is 4.71. The van der Waals surface area contributed by atoms with Crippen LogP contribution in [-0.2, 0) is 9.59 Å². The number of aromatic nitrogens is 2. The van der Waals surface area contributed by atoms with E-state index >= 15 is 4.39 Å². The van der Waals surface area contributed by atoms with Crippen molar-refractivity contribution in [1.29, 1.82) is 10.5 Å². The first-order valence-electron chi connectivity index (χ1n) is 12.0. The van der Waals surface area contributed by atoms with Gasteiger partial charge in [0.05, 0.1) is 34.6 Å². The Labute approximate surface area is 245 Å². The molecule has 13 heteroatoms. The van der Waals surface area contributed by atoms with Gasteiger partial charge in [-0.15, -0.1) is 10.2 Å². The van der Waals surface area contributed by atoms with E-state index in [9.17, 15) is 20.1 Å². The molecule has 2 aliphatic rings. The number of carbonyl (C=O) groups is 2. The number of halogens is 2. The minimum Gasteiger partial charge on any atom is -0.384 e. The number of anilines is 2. The van der Waals surface area contributed by atoms with Gasteiger partial charge in [0, 0.05) is 27.7 Å². The zero-order valence-corrected chi connectivity index (χ0v) is 23.9. The predicted octanol–water partition coefficient (Wildman–Crippen LogP) is 5.35. The molecule has 9 nitrogen and oxygen atoms in total. The zero-order chi connectivity index (χ0) is 28.4. The van der Waals surface area contributed by atoms with Gasteiger partial charge in [0.2, 0.25) is 11.0 Å². The van der Waals surface area contributed by atoms with Gasteiger partial charge in [-0.25, -0.2) is 4.39 Å². The molecule has 1 unspecified atom stereocenters. The van der Waals surface area contributed by atoms with Crippen molar-refractivity contribution in [3.8, 4) is 12.1 Å². The summed E-state index contributed by atoms with van der Waals surface area (Å²) in [4.78, 5) is 27.3. The number of benzene rings is 2. The van der Waals surface area contributed by atoms with Crippen LogP contribution in [0.15, 0.2) is 73.9 Å². The fraction of sp³-hybridized carbons (Fsp3) is 0.185. The summed E-state index contributed by atoms with van der Waals surface area (Å²) in [5, 5.41) is 30.8. The van der Waals surface area contributed by atoms with Crippen LogP contribution < -0.4 is 16.0 Å². The van der Waals surface area contributed by atoms with Crippen LogP contribution in [0.3, 0.4) is 0 Å². The minimum atomic E-state index is -0.932. The summed E-state index contributed by atoms with van der Waals surface area (Å²) in [7, 11) is 0. The Morgan fingerprint density at radius 3 is 2.77 bits per heavy atom. The number of para-hydroxylation sites is 1. The average Bonchev–Trinajstić information content (AvgIpc) is 3.40. The molecule has 0 spiro atoms. The number of Topliss-reactive ketones (excluding diaryl/α,β-unsaturated/α-hetero) is 1. The fourth-order valence-corrected chi connectivity index (χ4v) is 6.72. The Hall–Kier alpha value is -4.04. The number of carbonyl (C=O) groups excluding carboxylic acids is 2. The van der Waals surface area contributed by atoms with E-state index in [-0.39, 0.29) is 40.8 Å². The van der Waals surface area contributed by atoms with Crippen LogP contribution in [-0.4, -0.2) is 27.6 Å². The molecule has 5 rings (SSSR count). The lowest BCUT2D eigenvalue weighted by molar-refractivity contribution is -0.116. The van der Waals surface area contributed by atoms with E-state index in [1.807, 2.05) is 6.07 Å². The maximum absolute atomic E-state index is 15.1. The molecule has 0 saturated carbocycles. The summed E-state index contributed by atoms with van der Waals surface area (Å²) in [5.74, 6) is -1.91. The van der Waals surface area contributed by atoms with Gasteiger partial charge < -0.3 is 11.1 Å². The lowest BCUT2D eigenvalue weighted by Gasteiger charge is -2.38. The Balaban J connectivity index is 1.43. The summed E-state index contributed by atoms with van der Waals surface area (Å²) >= 11 is 5.55. The lowest BCUT2D eigenvalue weighted by atomic mass is 9.75. The number of nitrogens with two attached hydrogens (primary N) is 1. The largest absolute Gasteiger partial charge is 0.384 e. The molecule has 40 heavy (non-hydrogen) atoms. The van der Waals surface area contributed by atoms with Crippen LogP contribution >= 0.6 is 39.0 Å². The molecule has 1 aliphatic heterocycles. The van der Waals surface area contributed by atoms with Crippen molar-refractivity contribution in [3.05, 3.63) is 86.5 Å². The maximum Gasteiger partial charge on any atom is 0.234 e. The van der Waals surface area contributed by atoms with Crippen LogP contribution in [0.25, 0.3) is 0 Å². The number of rotatable bonds is 6. The number of thioether (sulfide) groups is 1. The summed E-state index contributed by atoms with van der Waals surface area (Å²) in [5.41, 5.74) is 8.44. The number of hydrogen-bond donors (Lipinski definition) is 2. The monoisotopic (exact) mass is 635 g/mol. The summed E-state index contributed by atoms with van der Waals surface area (Å²) in [6, 6.07) is 15.3. The second-order valence-corrected chi connectivity index (χ2v) is 11.9. The van der Waals surface area contributed by atoms with Crippen LogP contribution in [0.4, 0.5) is 15.2 Å². The van der Waals surface area contributed by atoms with E-state index in [1.165, 1.54) is 6.07 Å². The summed E-state index contributed by atoms with van der Waals surface area (Å²) < 4.78 is 16.1. The number of allylic oxidation sites excluding steroid dienone is 3. The Morgan fingerprint density at radius 2 is 2.02 bits per heavy atom. The molecule has 1 aliphatic carbocycles. The predicted molar refractivity (Wildman–Crippen MR) is 152 cm³/mol. The molecular weight excluding hydrogens is 617 g/mol. The Bertz CT molecular complexity index is 1690. The molecule has 0 bridgehead atoms. The quantitative estimate of drug-likeness (QED) is 0.342. The molecule has 2 heterocycles. The molecule has 3 aromatic rings. The highest BCUT2D eigenvalue weighted by molar-refractivity contribution is 9.10. The van der Waals surface area contributed by atoms with Gasteiger partial charge >= 0.3 is 0 Å². The maximum atomic E-state index is 15.1. The van der Waals surface area contributed by atoms with Crippen LogP contribution in [0.2, 0.25) is 0 Å². The van der Waals surface area contributed by atoms with E-state index in [2.05, 4.69) is 37.5 Å². The summed E-state index contributed by atoms with van der Waals surface area (Å²) in [6.07, 6.45) is 1.34. The molecule has 2 aromatic carbocycles. The zero-order valence-electron chi connectivity index (χ0n) is 20.6. The molecule has 0 radical (unpaired) electrons. The highest BCUT2D eigenvalue weighted by Crippen LogP contribution is 2.47. The van der Waals surface area contributed by atoms with Crippen molar-refractivity contribution in [2.24, 2.45) is 5.73 Å². The molecule has 1 atom stereocenters. The highest BCUT2D eigenvalue weighted by Gasteiger charge is 2.42. The number of nitrogens with zero attached hydrogens (tertiary/aromatic N) is 5. The molecule has 0 saturated heterocycles. The van der Waals surface area contributed by atoms with E-state index in [4.69, 9.17) is 5.73 Å². The molecule has 0 fully saturated rings. The van der Waals surface area contributed by atoms with Crippen LogP contribution in [0.5, 0.6) is 0 Å². The first-order valence-corrected chi connectivity index (χ1v) is 14.6. The van der Waals surface area contributed by atoms with Crippen molar-refractivity contribution in [2.45, 2.75) is 29.5 Å². The van der Waals surface area contributed by atoms with Crippen molar-refractivity contribution in [1.82, 2.24) is 10.2 Å². The van der Waals surface area contributed by atoms with E-state index < -0.39 is 11.7 Å². The molecular formula is C27H19BrFN7O2S2. The minimum absolute atomic E-state index is 0.0144. The first kappa shape index (κ1) is 27.5. The normalized spacial score (nSPS) is 16.9. The third-order valence-electron chi connectivity index (χ3n) is 6.42. The van der Waals surface area contributed by atoms with Crippen LogP contribution in [0, 0.1) is 28.5 Å². The molecule has 1 amide bonds. The average molecular weight is 637 g/mol. The smallest absolute Gasteiger partial charge is 0.234 e. The Morgan fingerprint density at radius 1 is 1.23 bits per heavy atom.